The van der Waals surface area contributed by atoms with Crippen LogP contribution in [-0.4, -0.2) is 30.6 Å². The van der Waals surface area contributed by atoms with Gasteiger partial charge in [0, 0.05) is 0 Å². The number of carbonyl (C=O) groups excluding carboxylic acids is 2. The Hall–Kier alpha value is -2.23. The number of benzene rings is 1. The van der Waals surface area contributed by atoms with Crippen LogP contribution < -0.4 is 10.6 Å². The highest BCUT2D eigenvalue weighted by atomic mass is 19.1. The van der Waals surface area contributed by atoms with Crippen molar-refractivity contribution in [2.45, 2.75) is 25.0 Å². The summed E-state index contributed by atoms with van der Waals surface area (Å²) in [7, 11) is 0. The van der Waals surface area contributed by atoms with E-state index in [-0.39, 0.29) is 12.1 Å². The second-order valence-electron chi connectivity index (χ2n) is 4.87. The van der Waals surface area contributed by atoms with E-state index in [4.69, 9.17) is 10.5 Å². The van der Waals surface area contributed by atoms with Crippen LogP contribution in [0.2, 0.25) is 0 Å². The molecule has 21 heavy (non-hydrogen) atoms. The van der Waals surface area contributed by atoms with E-state index in [9.17, 15) is 14.0 Å². The summed E-state index contributed by atoms with van der Waals surface area (Å²) in [6.07, 6.45) is -0.104. The average Bonchev–Trinajstić information content (AvgIpc) is 2.93. The Kier molecular flexibility index (Phi) is 3.45. The largest absolute Gasteiger partial charge is 0.355 e. The van der Waals surface area contributed by atoms with Gasteiger partial charge in [0.25, 0.3) is 11.8 Å². The fourth-order valence-electron chi connectivity index (χ4n) is 2.55. The quantitative estimate of drug-likeness (QED) is 0.605. The standard InChI is InChI=1S/C15H13FN2O3/c16-11-4-3-10(8-9(11)2-1-7-17)18-14(19)12-5-6-13(21-12)15(18)20/h3-4,8,12-13H,5-7,17H2. The van der Waals surface area contributed by atoms with Crippen molar-refractivity contribution in [3.63, 3.8) is 0 Å². The van der Waals surface area contributed by atoms with Crippen LogP contribution in [0.15, 0.2) is 18.2 Å². The maximum absolute atomic E-state index is 13.7. The second kappa shape index (κ2) is 5.28. The number of morpholine rings is 1. The Bertz CT molecular complexity index is 655. The van der Waals surface area contributed by atoms with Gasteiger partial charge in [0.15, 0.2) is 0 Å². The van der Waals surface area contributed by atoms with Gasteiger partial charge < -0.3 is 10.5 Å². The lowest BCUT2D eigenvalue weighted by atomic mass is 10.1. The van der Waals surface area contributed by atoms with Crippen molar-refractivity contribution in [2.75, 3.05) is 11.4 Å². The van der Waals surface area contributed by atoms with Crippen LogP contribution in [-0.2, 0) is 14.3 Å². The predicted molar refractivity (Wildman–Crippen MR) is 72.7 cm³/mol. The Morgan fingerprint density at radius 1 is 1.29 bits per heavy atom. The number of carbonyl (C=O) groups is 2. The molecule has 0 spiro atoms. The summed E-state index contributed by atoms with van der Waals surface area (Å²) in [5.74, 6) is 3.82. The van der Waals surface area contributed by atoms with Crippen LogP contribution in [0.3, 0.4) is 0 Å². The molecule has 2 N–H and O–H groups in total. The number of halogens is 1. The fourth-order valence-corrected chi connectivity index (χ4v) is 2.55. The minimum absolute atomic E-state index is 0.100. The molecule has 0 saturated carbocycles. The van der Waals surface area contributed by atoms with Gasteiger partial charge in [-0.25, -0.2) is 9.29 Å². The van der Waals surface area contributed by atoms with Gasteiger partial charge in [-0.15, -0.1) is 0 Å². The Morgan fingerprint density at radius 3 is 2.57 bits per heavy atom. The van der Waals surface area contributed by atoms with E-state index in [1.165, 1.54) is 18.2 Å². The Balaban J connectivity index is 2.00. The molecule has 0 aliphatic carbocycles. The van der Waals surface area contributed by atoms with Gasteiger partial charge >= 0.3 is 0 Å². The summed E-state index contributed by atoms with van der Waals surface area (Å²) in [5, 5.41) is 0. The lowest BCUT2D eigenvalue weighted by Gasteiger charge is -2.30. The first-order valence-electron chi connectivity index (χ1n) is 6.63. The van der Waals surface area contributed by atoms with Crippen molar-refractivity contribution >= 4 is 17.5 Å². The number of nitrogens with two attached hydrogens (primary N) is 1. The number of amides is 2. The first-order chi connectivity index (χ1) is 10.1. The third-order valence-electron chi connectivity index (χ3n) is 3.54. The molecule has 108 valence electrons. The number of ether oxygens (including phenoxy) is 1. The molecule has 1 aromatic carbocycles. The summed E-state index contributed by atoms with van der Waals surface area (Å²) < 4.78 is 19.0. The number of rotatable bonds is 1. The number of nitrogens with zero attached hydrogens (tertiary/aromatic N) is 1. The van der Waals surface area contributed by atoms with E-state index >= 15 is 0 Å². The monoisotopic (exact) mass is 288 g/mol. The number of anilines is 1. The predicted octanol–water partition coefficient (Wildman–Crippen LogP) is 0.557. The summed E-state index contributed by atoms with van der Waals surface area (Å²) in [4.78, 5) is 25.5. The zero-order valence-corrected chi connectivity index (χ0v) is 11.1. The molecule has 3 rings (SSSR count). The first-order valence-corrected chi connectivity index (χ1v) is 6.63. The smallest absolute Gasteiger partial charge is 0.262 e. The van der Waals surface area contributed by atoms with E-state index in [0.717, 1.165) is 4.90 Å². The lowest BCUT2D eigenvalue weighted by molar-refractivity contribution is -0.146. The summed E-state index contributed by atoms with van der Waals surface area (Å²) in [6.45, 7) is 0.100. The molecule has 1 aromatic rings. The number of fused-ring (bicyclic) bond motifs is 2. The summed E-state index contributed by atoms with van der Waals surface area (Å²) in [5.41, 5.74) is 5.69. The molecule has 0 aromatic heterocycles. The molecule has 0 radical (unpaired) electrons. The van der Waals surface area contributed by atoms with E-state index in [1.54, 1.807) is 0 Å². The van der Waals surface area contributed by atoms with Gasteiger partial charge in [0.2, 0.25) is 0 Å². The van der Waals surface area contributed by atoms with Gasteiger partial charge in [0.05, 0.1) is 17.8 Å². The summed E-state index contributed by atoms with van der Waals surface area (Å²) >= 11 is 0. The third-order valence-corrected chi connectivity index (χ3v) is 3.54. The van der Waals surface area contributed by atoms with Gasteiger partial charge in [-0.05, 0) is 31.0 Å². The van der Waals surface area contributed by atoms with Crippen LogP contribution in [0.5, 0.6) is 0 Å². The molecule has 2 saturated heterocycles. The van der Waals surface area contributed by atoms with Crippen molar-refractivity contribution in [3.05, 3.63) is 29.6 Å². The van der Waals surface area contributed by atoms with Crippen LogP contribution in [0.1, 0.15) is 18.4 Å². The minimum Gasteiger partial charge on any atom is -0.355 e. The van der Waals surface area contributed by atoms with Crippen molar-refractivity contribution in [1.82, 2.24) is 0 Å². The van der Waals surface area contributed by atoms with Crippen LogP contribution >= 0.6 is 0 Å². The molecule has 2 bridgehead atoms. The molecular formula is C15H13FN2O3. The van der Waals surface area contributed by atoms with Crippen molar-refractivity contribution < 1.29 is 18.7 Å². The van der Waals surface area contributed by atoms with Crippen molar-refractivity contribution in [1.29, 1.82) is 0 Å². The average molecular weight is 288 g/mol. The molecule has 2 fully saturated rings. The number of hydrogen-bond donors (Lipinski definition) is 1. The summed E-state index contributed by atoms with van der Waals surface area (Å²) in [6, 6.07) is 3.97. The molecular weight excluding hydrogens is 275 g/mol. The fraction of sp³-hybridized carbons (Fsp3) is 0.333. The molecule has 2 atom stereocenters. The van der Waals surface area contributed by atoms with Crippen molar-refractivity contribution in [3.8, 4) is 11.8 Å². The first kappa shape index (κ1) is 13.7. The molecule has 2 amide bonds. The van der Waals surface area contributed by atoms with Gasteiger partial charge in [-0.2, -0.15) is 0 Å². The molecule has 5 nitrogen and oxygen atoms in total. The Morgan fingerprint density at radius 2 is 1.95 bits per heavy atom. The highest BCUT2D eigenvalue weighted by Gasteiger charge is 2.47. The van der Waals surface area contributed by atoms with Gasteiger partial charge in [-0.3, -0.25) is 9.59 Å². The molecule has 2 heterocycles. The maximum Gasteiger partial charge on any atom is 0.262 e. The highest BCUT2D eigenvalue weighted by Crippen LogP contribution is 2.32. The van der Waals surface area contributed by atoms with Gasteiger partial charge in [0.1, 0.15) is 18.0 Å². The van der Waals surface area contributed by atoms with Gasteiger partial charge in [-0.1, -0.05) is 11.8 Å². The second-order valence-corrected chi connectivity index (χ2v) is 4.87. The SMILES string of the molecule is NCC#Cc1cc(N2C(=O)C3CCC(O3)C2=O)ccc1F. The zero-order chi connectivity index (χ0) is 15.0. The topological polar surface area (TPSA) is 72.6 Å². The van der Waals surface area contributed by atoms with E-state index < -0.39 is 29.8 Å². The zero-order valence-electron chi connectivity index (χ0n) is 11.1. The maximum atomic E-state index is 13.7. The van der Waals surface area contributed by atoms with Crippen LogP contribution in [0.25, 0.3) is 0 Å². The van der Waals surface area contributed by atoms with E-state index in [0.29, 0.717) is 18.5 Å². The molecule has 2 aliphatic heterocycles. The highest BCUT2D eigenvalue weighted by molar-refractivity contribution is 6.19. The molecule has 2 unspecified atom stereocenters. The molecule has 6 heteroatoms. The normalized spacial score (nSPS) is 24.0. The van der Waals surface area contributed by atoms with Crippen LogP contribution in [0, 0.1) is 17.7 Å². The number of hydrogen-bond acceptors (Lipinski definition) is 4. The third kappa shape index (κ3) is 2.31. The lowest BCUT2D eigenvalue weighted by Crippen LogP contribution is -2.52. The van der Waals surface area contributed by atoms with E-state index in [1.807, 2.05) is 0 Å². The minimum atomic E-state index is -0.587. The van der Waals surface area contributed by atoms with Crippen molar-refractivity contribution in [2.24, 2.45) is 5.73 Å². The Labute approximate surface area is 120 Å². The van der Waals surface area contributed by atoms with Crippen LogP contribution in [0.4, 0.5) is 10.1 Å². The number of imide groups is 1. The molecule has 2 aliphatic rings. The van der Waals surface area contributed by atoms with E-state index in [2.05, 4.69) is 11.8 Å².